The predicted octanol–water partition coefficient (Wildman–Crippen LogP) is -0.158. The molecule has 1 unspecified atom stereocenters. The maximum absolute atomic E-state index is 10.8. The Balaban J connectivity index is 2.08. The molecular formula is C12H20N4O3. The van der Waals surface area contributed by atoms with Crippen LogP contribution in [0, 0.1) is 0 Å². The summed E-state index contributed by atoms with van der Waals surface area (Å²) in [5.74, 6) is -1.37. The zero-order chi connectivity index (χ0) is 14.1. The van der Waals surface area contributed by atoms with Gasteiger partial charge in [-0.15, -0.1) is 0 Å². The van der Waals surface area contributed by atoms with Crippen LogP contribution in [0.2, 0.25) is 0 Å². The fraction of sp³-hybridized carbons (Fsp3) is 0.583. The summed E-state index contributed by atoms with van der Waals surface area (Å²) in [6.45, 7) is 3.16. The largest absolute Gasteiger partial charge is 0.480 e. The van der Waals surface area contributed by atoms with Crippen molar-refractivity contribution in [3.8, 4) is 0 Å². The van der Waals surface area contributed by atoms with E-state index in [1.165, 1.54) is 6.92 Å². The molecule has 0 aliphatic rings. The third-order valence-electron chi connectivity index (χ3n) is 2.60. The van der Waals surface area contributed by atoms with Gasteiger partial charge in [-0.3, -0.25) is 4.79 Å². The van der Waals surface area contributed by atoms with E-state index in [0.29, 0.717) is 0 Å². The Morgan fingerprint density at radius 2 is 2.21 bits per heavy atom. The van der Waals surface area contributed by atoms with Crippen LogP contribution in [-0.4, -0.2) is 45.7 Å². The van der Waals surface area contributed by atoms with Crippen LogP contribution in [0.5, 0.6) is 0 Å². The average Bonchev–Trinajstić information content (AvgIpc) is 2.84. The van der Waals surface area contributed by atoms with Gasteiger partial charge in [0, 0.05) is 32.4 Å². The van der Waals surface area contributed by atoms with Crippen molar-refractivity contribution in [1.29, 1.82) is 0 Å². The van der Waals surface area contributed by atoms with Gasteiger partial charge in [-0.1, -0.05) is 0 Å². The number of aliphatic carboxylic acids is 1. The lowest BCUT2D eigenvalue weighted by molar-refractivity contribution is -0.141. The average molecular weight is 268 g/mol. The monoisotopic (exact) mass is 268 g/mol. The number of unbranched alkanes of at least 4 members (excludes halogenated alkanes) is 1. The van der Waals surface area contributed by atoms with Gasteiger partial charge in [-0.25, -0.2) is 9.78 Å². The van der Waals surface area contributed by atoms with Crippen molar-refractivity contribution >= 4 is 11.9 Å². The van der Waals surface area contributed by atoms with Crippen LogP contribution in [0.3, 0.4) is 0 Å². The molecule has 1 atom stereocenters. The number of aromatic nitrogens is 2. The Bertz CT molecular complexity index is 392. The molecule has 19 heavy (non-hydrogen) atoms. The zero-order valence-corrected chi connectivity index (χ0v) is 11.0. The SMILES string of the molecule is CC(=O)NC(CNCCCCn1ccnc1)C(=O)O. The normalized spacial score (nSPS) is 12.1. The third-order valence-corrected chi connectivity index (χ3v) is 2.60. The number of carbonyl (C=O) groups excluding carboxylic acids is 1. The van der Waals surface area contributed by atoms with Crippen LogP contribution in [0.1, 0.15) is 19.8 Å². The molecule has 1 aromatic rings. The molecule has 3 N–H and O–H groups in total. The maximum Gasteiger partial charge on any atom is 0.327 e. The standard InChI is InChI=1S/C12H20N4O3/c1-10(17)15-11(12(18)19)8-13-4-2-3-6-16-7-5-14-9-16/h5,7,9,11,13H,2-4,6,8H2,1H3,(H,15,17)(H,18,19). The molecule has 1 aromatic heterocycles. The number of hydrogen-bond acceptors (Lipinski definition) is 4. The molecule has 0 aliphatic carbocycles. The Kier molecular flexibility index (Phi) is 6.59. The van der Waals surface area contributed by atoms with Gasteiger partial charge in [0.25, 0.3) is 0 Å². The minimum absolute atomic E-state index is 0.236. The highest BCUT2D eigenvalue weighted by Crippen LogP contribution is 1.94. The number of nitrogens with one attached hydrogen (secondary N) is 2. The predicted molar refractivity (Wildman–Crippen MR) is 69.6 cm³/mol. The van der Waals surface area contributed by atoms with E-state index in [0.717, 1.165) is 25.9 Å². The molecule has 7 nitrogen and oxygen atoms in total. The lowest BCUT2D eigenvalue weighted by Crippen LogP contribution is -2.46. The molecule has 0 radical (unpaired) electrons. The number of aryl methyl sites for hydroxylation is 1. The molecule has 106 valence electrons. The van der Waals surface area contributed by atoms with Gasteiger partial charge in [0.2, 0.25) is 5.91 Å². The molecular weight excluding hydrogens is 248 g/mol. The van der Waals surface area contributed by atoms with Crippen molar-refractivity contribution < 1.29 is 14.7 Å². The molecule has 0 aliphatic heterocycles. The molecule has 0 saturated heterocycles. The molecule has 0 bridgehead atoms. The van der Waals surface area contributed by atoms with E-state index in [1.807, 2.05) is 10.8 Å². The van der Waals surface area contributed by atoms with Crippen molar-refractivity contribution in [2.45, 2.75) is 32.4 Å². The van der Waals surface area contributed by atoms with Crippen LogP contribution >= 0.6 is 0 Å². The Morgan fingerprint density at radius 1 is 1.42 bits per heavy atom. The summed E-state index contributed by atoms with van der Waals surface area (Å²) in [5.41, 5.74) is 0. The molecule has 1 rings (SSSR count). The maximum atomic E-state index is 10.8. The molecule has 0 aromatic carbocycles. The van der Waals surface area contributed by atoms with E-state index in [4.69, 9.17) is 5.11 Å². The highest BCUT2D eigenvalue weighted by atomic mass is 16.4. The molecule has 7 heteroatoms. The zero-order valence-electron chi connectivity index (χ0n) is 11.0. The topological polar surface area (TPSA) is 96.3 Å². The van der Waals surface area contributed by atoms with Crippen LogP contribution in [0.4, 0.5) is 0 Å². The number of carboxylic acids is 1. The summed E-state index contributed by atoms with van der Waals surface area (Å²) in [7, 11) is 0. The first-order chi connectivity index (χ1) is 9.09. The van der Waals surface area contributed by atoms with Crippen molar-refractivity contribution in [2.75, 3.05) is 13.1 Å². The summed E-state index contributed by atoms with van der Waals surface area (Å²) in [4.78, 5) is 25.6. The van der Waals surface area contributed by atoms with E-state index in [9.17, 15) is 9.59 Å². The second kappa shape index (κ2) is 8.25. The summed E-state index contributed by atoms with van der Waals surface area (Å²) in [6, 6.07) is -0.869. The number of hydrogen-bond donors (Lipinski definition) is 3. The lowest BCUT2D eigenvalue weighted by Gasteiger charge is -2.14. The van der Waals surface area contributed by atoms with Crippen molar-refractivity contribution in [3.05, 3.63) is 18.7 Å². The molecule has 0 fully saturated rings. The Labute approximate surface area is 112 Å². The summed E-state index contributed by atoms with van der Waals surface area (Å²) < 4.78 is 2.00. The fourth-order valence-corrected chi connectivity index (χ4v) is 1.66. The van der Waals surface area contributed by atoms with Crippen molar-refractivity contribution in [2.24, 2.45) is 0 Å². The Morgan fingerprint density at radius 3 is 2.79 bits per heavy atom. The minimum Gasteiger partial charge on any atom is -0.480 e. The second-order valence-corrected chi connectivity index (χ2v) is 4.30. The summed E-state index contributed by atoms with van der Waals surface area (Å²) in [6.07, 6.45) is 7.34. The number of amides is 1. The van der Waals surface area contributed by atoms with E-state index in [2.05, 4.69) is 15.6 Å². The van der Waals surface area contributed by atoms with Crippen LogP contribution in [0.25, 0.3) is 0 Å². The number of nitrogens with zero attached hydrogens (tertiary/aromatic N) is 2. The molecule has 0 saturated carbocycles. The van der Waals surface area contributed by atoms with Crippen LogP contribution < -0.4 is 10.6 Å². The van der Waals surface area contributed by atoms with Gasteiger partial charge in [0.15, 0.2) is 0 Å². The molecule has 0 spiro atoms. The number of imidazole rings is 1. The van der Waals surface area contributed by atoms with Gasteiger partial charge in [-0.2, -0.15) is 0 Å². The van der Waals surface area contributed by atoms with Gasteiger partial charge >= 0.3 is 5.97 Å². The van der Waals surface area contributed by atoms with Crippen molar-refractivity contribution in [3.63, 3.8) is 0 Å². The third kappa shape index (κ3) is 6.56. The summed E-state index contributed by atoms with van der Waals surface area (Å²) >= 11 is 0. The number of carboxylic acid groups (broad SMARTS) is 1. The van der Waals surface area contributed by atoms with Crippen LogP contribution in [-0.2, 0) is 16.1 Å². The Hall–Kier alpha value is -1.89. The molecule has 1 amide bonds. The van der Waals surface area contributed by atoms with E-state index in [-0.39, 0.29) is 12.5 Å². The lowest BCUT2D eigenvalue weighted by atomic mass is 10.2. The van der Waals surface area contributed by atoms with E-state index >= 15 is 0 Å². The highest BCUT2D eigenvalue weighted by molar-refractivity contribution is 5.82. The van der Waals surface area contributed by atoms with Gasteiger partial charge in [-0.05, 0) is 19.4 Å². The highest BCUT2D eigenvalue weighted by Gasteiger charge is 2.17. The van der Waals surface area contributed by atoms with Gasteiger partial charge < -0.3 is 20.3 Å². The molecule has 1 heterocycles. The van der Waals surface area contributed by atoms with E-state index in [1.54, 1.807) is 12.5 Å². The van der Waals surface area contributed by atoms with E-state index < -0.39 is 12.0 Å². The first-order valence-electron chi connectivity index (χ1n) is 6.26. The minimum atomic E-state index is -1.03. The fourth-order valence-electron chi connectivity index (χ4n) is 1.66. The first-order valence-corrected chi connectivity index (χ1v) is 6.26. The second-order valence-electron chi connectivity index (χ2n) is 4.30. The first kappa shape index (κ1) is 15.2. The van der Waals surface area contributed by atoms with Crippen molar-refractivity contribution in [1.82, 2.24) is 20.2 Å². The smallest absolute Gasteiger partial charge is 0.327 e. The van der Waals surface area contributed by atoms with Crippen LogP contribution in [0.15, 0.2) is 18.7 Å². The van der Waals surface area contributed by atoms with Gasteiger partial charge in [0.1, 0.15) is 6.04 Å². The van der Waals surface area contributed by atoms with Gasteiger partial charge in [0.05, 0.1) is 6.33 Å². The summed E-state index contributed by atoms with van der Waals surface area (Å²) in [5, 5.41) is 14.3. The quantitative estimate of drug-likeness (QED) is 0.541. The number of carbonyl (C=O) groups is 2. The number of rotatable bonds is 9.